The molecule has 218 valence electrons. The number of aryl methyl sites for hydroxylation is 2. The first-order valence-corrected chi connectivity index (χ1v) is 16.4. The zero-order valence-corrected chi connectivity index (χ0v) is 26.5. The fraction of sp³-hybridized carbons (Fsp3) is 0.238. The Labute approximate surface area is 262 Å². The van der Waals surface area contributed by atoms with E-state index in [-0.39, 0.29) is 5.41 Å². The molecule has 0 atom stereocenters. The number of benzene rings is 4. The molecule has 0 unspecified atom stereocenters. The summed E-state index contributed by atoms with van der Waals surface area (Å²) >= 11 is 0. The monoisotopic (exact) mass is 574 g/mol. The smallest absolute Gasteiger partial charge is 0.201 e. The Bertz CT molecular complexity index is 2040. The van der Waals surface area contributed by atoms with E-state index in [0.717, 1.165) is 19.3 Å². The molecule has 2 heteroatoms. The van der Waals surface area contributed by atoms with Crippen LogP contribution in [0.2, 0.25) is 0 Å². The van der Waals surface area contributed by atoms with E-state index in [1.165, 1.54) is 79.2 Å². The second-order valence-electron chi connectivity index (χ2n) is 12.4. The van der Waals surface area contributed by atoms with E-state index < -0.39 is 0 Å². The van der Waals surface area contributed by atoms with Gasteiger partial charge < -0.3 is 0 Å². The molecule has 0 bridgehead atoms. The van der Waals surface area contributed by atoms with Crippen molar-refractivity contribution in [3.05, 3.63) is 132 Å². The van der Waals surface area contributed by atoms with Gasteiger partial charge in [-0.25, -0.2) is 4.57 Å². The SMILES string of the molecule is CCCCc1ccc2c3[n+](ccc2c1)C=C(c1ccc2ccccc2c1-c1cccc[n+]1C)C(CC)(CC)c1ccccc1-3. The highest BCUT2D eigenvalue weighted by molar-refractivity contribution is 6.04. The van der Waals surface area contributed by atoms with Gasteiger partial charge in [0, 0.05) is 29.2 Å². The Morgan fingerprint density at radius 2 is 1.45 bits per heavy atom. The van der Waals surface area contributed by atoms with Gasteiger partial charge in [0.1, 0.15) is 7.05 Å². The number of allylic oxidation sites excluding steroid dienone is 1. The molecule has 2 nitrogen and oxygen atoms in total. The van der Waals surface area contributed by atoms with Crippen LogP contribution in [0, 0.1) is 0 Å². The van der Waals surface area contributed by atoms with Crippen LogP contribution in [0.1, 0.15) is 63.1 Å². The molecule has 2 aromatic heterocycles. The van der Waals surface area contributed by atoms with Crippen molar-refractivity contribution >= 4 is 33.3 Å². The van der Waals surface area contributed by atoms with Gasteiger partial charge in [-0.1, -0.05) is 93.9 Å². The van der Waals surface area contributed by atoms with Crippen molar-refractivity contribution < 1.29 is 9.13 Å². The molecule has 1 aliphatic heterocycles. The lowest BCUT2D eigenvalue weighted by Crippen LogP contribution is -2.32. The molecule has 0 radical (unpaired) electrons. The van der Waals surface area contributed by atoms with E-state index in [4.69, 9.17) is 0 Å². The van der Waals surface area contributed by atoms with E-state index in [1.54, 1.807) is 0 Å². The molecule has 0 aliphatic carbocycles. The first-order chi connectivity index (χ1) is 21.6. The predicted octanol–water partition coefficient (Wildman–Crippen LogP) is 9.85. The zero-order chi connectivity index (χ0) is 30.3. The Hall–Kier alpha value is -4.56. The van der Waals surface area contributed by atoms with E-state index in [2.05, 4.69) is 159 Å². The summed E-state index contributed by atoms with van der Waals surface area (Å²) in [4.78, 5) is 0. The molecule has 0 N–H and O–H groups in total. The van der Waals surface area contributed by atoms with Crippen molar-refractivity contribution in [3.63, 3.8) is 0 Å². The van der Waals surface area contributed by atoms with Gasteiger partial charge in [-0.2, -0.15) is 4.57 Å². The molecule has 6 aromatic rings. The van der Waals surface area contributed by atoms with Gasteiger partial charge in [0.05, 0.1) is 16.5 Å². The minimum absolute atomic E-state index is 0.166. The van der Waals surface area contributed by atoms with Crippen LogP contribution in [0.5, 0.6) is 0 Å². The number of unbranched alkanes of at least 4 members (excludes halogenated alkanes) is 1. The number of pyridine rings is 2. The lowest BCUT2D eigenvalue weighted by atomic mass is 9.66. The summed E-state index contributed by atoms with van der Waals surface area (Å²) in [5.74, 6) is 0. The molecule has 0 spiro atoms. The van der Waals surface area contributed by atoms with Gasteiger partial charge in [0.15, 0.2) is 18.6 Å². The topological polar surface area (TPSA) is 7.76 Å². The third kappa shape index (κ3) is 4.47. The lowest BCUT2D eigenvalue weighted by Gasteiger charge is -2.35. The molecule has 0 saturated heterocycles. The fourth-order valence-electron chi connectivity index (χ4n) is 7.68. The third-order valence-corrected chi connectivity index (χ3v) is 10.1. The largest absolute Gasteiger partial charge is 0.226 e. The van der Waals surface area contributed by atoms with Crippen LogP contribution in [-0.4, -0.2) is 0 Å². The van der Waals surface area contributed by atoms with E-state index in [1.807, 2.05) is 0 Å². The standard InChI is InChI=1S/C42H42N2/c1-5-8-15-30-21-23-34-32(28-30)25-27-44-29-38(42(6-2,7-3)37-19-12-11-18-36(37)41(34)44)35-24-22-31-16-9-10-17-33(31)40(35)39-20-13-14-26-43(39)4/h9-14,16-29H,5-8,15H2,1-4H3/q+2. The molecule has 0 fully saturated rings. The summed E-state index contributed by atoms with van der Waals surface area (Å²) < 4.78 is 4.68. The minimum Gasteiger partial charge on any atom is -0.201 e. The first-order valence-electron chi connectivity index (χ1n) is 16.4. The normalized spacial score (nSPS) is 13.8. The van der Waals surface area contributed by atoms with Crippen molar-refractivity contribution in [1.82, 2.24) is 0 Å². The maximum atomic E-state index is 2.46. The van der Waals surface area contributed by atoms with E-state index in [0.29, 0.717) is 0 Å². The maximum Gasteiger partial charge on any atom is 0.226 e. The Morgan fingerprint density at radius 3 is 2.27 bits per heavy atom. The van der Waals surface area contributed by atoms with Crippen molar-refractivity contribution in [2.75, 3.05) is 0 Å². The van der Waals surface area contributed by atoms with Crippen LogP contribution in [-0.2, 0) is 18.9 Å². The van der Waals surface area contributed by atoms with Crippen molar-refractivity contribution in [2.45, 2.75) is 58.3 Å². The van der Waals surface area contributed by atoms with Gasteiger partial charge in [0.25, 0.3) is 0 Å². The van der Waals surface area contributed by atoms with Crippen LogP contribution in [0.25, 0.3) is 55.8 Å². The molecular formula is C42H42N2+2. The van der Waals surface area contributed by atoms with Crippen LogP contribution in [0.3, 0.4) is 0 Å². The predicted molar refractivity (Wildman–Crippen MR) is 185 cm³/mol. The molecule has 0 amide bonds. The van der Waals surface area contributed by atoms with Gasteiger partial charge in [-0.05, 0) is 76.7 Å². The third-order valence-electron chi connectivity index (χ3n) is 10.1. The van der Waals surface area contributed by atoms with Crippen LogP contribution in [0.15, 0.2) is 116 Å². The van der Waals surface area contributed by atoms with Gasteiger partial charge >= 0.3 is 0 Å². The second-order valence-corrected chi connectivity index (χ2v) is 12.4. The second kappa shape index (κ2) is 11.5. The fourth-order valence-corrected chi connectivity index (χ4v) is 7.68. The van der Waals surface area contributed by atoms with Crippen molar-refractivity contribution in [1.29, 1.82) is 0 Å². The maximum absolute atomic E-state index is 2.46. The number of hydrogen-bond acceptors (Lipinski definition) is 0. The number of aromatic nitrogens is 2. The summed E-state index contributed by atoms with van der Waals surface area (Å²) in [5, 5.41) is 5.18. The summed E-state index contributed by atoms with van der Waals surface area (Å²) in [6, 6.07) is 38.7. The quantitative estimate of drug-likeness (QED) is 0.168. The zero-order valence-electron chi connectivity index (χ0n) is 26.5. The Kier molecular flexibility index (Phi) is 7.38. The van der Waals surface area contributed by atoms with Gasteiger partial charge in [-0.3, -0.25) is 0 Å². The number of hydrogen-bond donors (Lipinski definition) is 0. The first kappa shape index (κ1) is 28.2. The molecule has 4 aromatic carbocycles. The highest BCUT2D eigenvalue weighted by Crippen LogP contribution is 2.51. The summed E-state index contributed by atoms with van der Waals surface area (Å²) in [5.41, 5.74) is 10.5. The van der Waals surface area contributed by atoms with E-state index >= 15 is 0 Å². The Balaban J connectivity index is 1.59. The Morgan fingerprint density at radius 1 is 0.659 bits per heavy atom. The highest BCUT2D eigenvalue weighted by atomic mass is 15.0. The lowest BCUT2D eigenvalue weighted by molar-refractivity contribution is -0.660. The molecular weight excluding hydrogens is 532 g/mol. The van der Waals surface area contributed by atoms with Crippen LogP contribution in [0.4, 0.5) is 0 Å². The molecule has 7 rings (SSSR count). The molecule has 3 heterocycles. The van der Waals surface area contributed by atoms with Crippen LogP contribution < -0.4 is 9.13 Å². The van der Waals surface area contributed by atoms with E-state index in [9.17, 15) is 0 Å². The van der Waals surface area contributed by atoms with Crippen molar-refractivity contribution in [2.24, 2.45) is 7.05 Å². The summed E-state index contributed by atoms with van der Waals surface area (Å²) in [6.45, 7) is 7.01. The average Bonchev–Trinajstić information content (AvgIpc) is 3.20. The minimum atomic E-state index is -0.166. The number of rotatable bonds is 7. The van der Waals surface area contributed by atoms with Gasteiger partial charge in [-0.15, -0.1) is 0 Å². The molecule has 44 heavy (non-hydrogen) atoms. The molecule has 0 saturated carbocycles. The van der Waals surface area contributed by atoms with Crippen molar-refractivity contribution in [3.8, 4) is 22.5 Å². The average molecular weight is 575 g/mol. The summed E-state index contributed by atoms with van der Waals surface area (Å²) in [7, 11) is 2.16. The summed E-state index contributed by atoms with van der Waals surface area (Å²) in [6.07, 6.45) is 12.5. The molecule has 1 aliphatic rings. The highest BCUT2D eigenvalue weighted by Gasteiger charge is 2.42. The number of fused-ring (bicyclic) bond motifs is 6. The van der Waals surface area contributed by atoms with Crippen LogP contribution >= 0.6 is 0 Å². The number of nitrogens with zero attached hydrogens (tertiary/aromatic N) is 2. The van der Waals surface area contributed by atoms with Gasteiger partial charge in [0.2, 0.25) is 11.4 Å².